The largest absolute Gasteiger partial charge is 0.330 e. The number of hydrogen-bond donors (Lipinski definition) is 2. The summed E-state index contributed by atoms with van der Waals surface area (Å²) < 4.78 is 0. The quantitative estimate of drug-likeness (QED) is 0.890. The highest BCUT2D eigenvalue weighted by molar-refractivity contribution is 6.42. The van der Waals surface area contributed by atoms with Gasteiger partial charge in [0.05, 0.1) is 10.0 Å². The number of benzene rings is 1. The first kappa shape index (κ1) is 16.6. The average Bonchev–Trinajstić information content (AvgIpc) is 2.82. The van der Waals surface area contributed by atoms with Gasteiger partial charge in [-0.2, -0.15) is 0 Å². The van der Waals surface area contributed by atoms with Crippen LogP contribution < -0.4 is 11.1 Å². The van der Waals surface area contributed by atoms with Crippen molar-refractivity contribution in [1.29, 1.82) is 0 Å². The molecule has 0 bridgehead atoms. The van der Waals surface area contributed by atoms with E-state index < -0.39 is 0 Å². The minimum atomic E-state index is 0. The molecule has 2 atom stereocenters. The van der Waals surface area contributed by atoms with Gasteiger partial charge < -0.3 is 11.1 Å². The van der Waals surface area contributed by atoms with Gasteiger partial charge in [0, 0.05) is 11.6 Å². The van der Waals surface area contributed by atoms with Gasteiger partial charge in [-0.15, -0.1) is 12.4 Å². The number of anilines is 1. The number of halogens is 3. The third-order valence-electron chi connectivity index (χ3n) is 3.49. The Balaban J connectivity index is 0.00000180. The lowest BCUT2D eigenvalue weighted by atomic mass is 9.95. The fraction of sp³-hybridized carbons (Fsp3) is 0.462. The van der Waals surface area contributed by atoms with Crippen LogP contribution in [0, 0.1) is 11.8 Å². The zero-order valence-electron chi connectivity index (χ0n) is 10.4. The van der Waals surface area contributed by atoms with Crippen LogP contribution in [0.5, 0.6) is 0 Å². The van der Waals surface area contributed by atoms with E-state index >= 15 is 0 Å². The van der Waals surface area contributed by atoms with E-state index in [2.05, 4.69) is 5.32 Å². The molecule has 0 heterocycles. The van der Waals surface area contributed by atoms with Crippen LogP contribution in [0.15, 0.2) is 18.2 Å². The molecule has 1 aromatic carbocycles. The summed E-state index contributed by atoms with van der Waals surface area (Å²) in [5, 5.41) is 3.80. The van der Waals surface area contributed by atoms with Crippen LogP contribution >= 0.6 is 35.6 Å². The predicted octanol–water partition coefficient (Wildman–Crippen LogP) is 3.73. The second-order valence-electron chi connectivity index (χ2n) is 4.65. The van der Waals surface area contributed by atoms with E-state index in [0.717, 1.165) is 19.3 Å². The number of amides is 1. The Morgan fingerprint density at radius 1 is 1.32 bits per heavy atom. The molecule has 1 aromatic rings. The fourth-order valence-electron chi connectivity index (χ4n) is 2.47. The fourth-order valence-corrected chi connectivity index (χ4v) is 2.77. The van der Waals surface area contributed by atoms with Crippen molar-refractivity contribution >= 4 is 47.2 Å². The molecule has 1 fully saturated rings. The first-order valence-electron chi connectivity index (χ1n) is 6.08. The lowest BCUT2D eigenvalue weighted by Crippen LogP contribution is -2.29. The molecule has 0 saturated heterocycles. The topological polar surface area (TPSA) is 55.1 Å². The van der Waals surface area contributed by atoms with Crippen molar-refractivity contribution in [2.45, 2.75) is 19.3 Å². The molecule has 3 N–H and O–H groups in total. The van der Waals surface area contributed by atoms with E-state index in [-0.39, 0.29) is 24.2 Å². The molecule has 2 rings (SSSR count). The highest BCUT2D eigenvalue weighted by Gasteiger charge is 2.31. The molecule has 106 valence electrons. The summed E-state index contributed by atoms with van der Waals surface area (Å²) in [7, 11) is 0. The van der Waals surface area contributed by atoms with Gasteiger partial charge in [-0.3, -0.25) is 4.79 Å². The number of nitrogens with one attached hydrogen (secondary N) is 1. The Morgan fingerprint density at radius 2 is 2.05 bits per heavy atom. The number of carbonyl (C=O) groups is 1. The third kappa shape index (κ3) is 3.99. The van der Waals surface area contributed by atoms with Crippen LogP contribution in [-0.2, 0) is 4.79 Å². The molecule has 1 aliphatic carbocycles. The zero-order valence-corrected chi connectivity index (χ0v) is 12.7. The molecule has 1 amide bonds. The summed E-state index contributed by atoms with van der Waals surface area (Å²) in [6.07, 6.45) is 3.02. The molecule has 1 aliphatic rings. The third-order valence-corrected chi connectivity index (χ3v) is 4.22. The standard InChI is InChI=1S/C13H16Cl2N2O.ClH/c14-11-5-4-9(6-12(11)15)17-13(18)10-3-1-2-8(10)7-16;/h4-6,8,10H,1-3,7,16H2,(H,17,18);1H/t8-,10-;/m1./s1. The first-order chi connectivity index (χ1) is 8.61. The van der Waals surface area contributed by atoms with Crippen molar-refractivity contribution in [3.05, 3.63) is 28.2 Å². The summed E-state index contributed by atoms with van der Waals surface area (Å²) >= 11 is 11.7. The van der Waals surface area contributed by atoms with E-state index in [9.17, 15) is 4.79 Å². The van der Waals surface area contributed by atoms with Gasteiger partial charge in [0.2, 0.25) is 5.91 Å². The summed E-state index contributed by atoms with van der Waals surface area (Å²) in [6, 6.07) is 5.08. The maximum Gasteiger partial charge on any atom is 0.227 e. The van der Waals surface area contributed by atoms with E-state index in [1.807, 2.05) is 0 Å². The van der Waals surface area contributed by atoms with Crippen LogP contribution in [0.1, 0.15) is 19.3 Å². The number of nitrogens with two attached hydrogens (primary N) is 1. The van der Waals surface area contributed by atoms with Crippen molar-refractivity contribution in [2.75, 3.05) is 11.9 Å². The van der Waals surface area contributed by atoms with Crippen LogP contribution in [0.3, 0.4) is 0 Å². The lowest BCUT2D eigenvalue weighted by Gasteiger charge is -2.17. The number of carbonyl (C=O) groups excluding carboxylic acids is 1. The summed E-state index contributed by atoms with van der Waals surface area (Å²) in [6.45, 7) is 0.569. The molecule has 1 saturated carbocycles. The molecule has 0 radical (unpaired) electrons. The van der Waals surface area contributed by atoms with Crippen LogP contribution in [0.25, 0.3) is 0 Å². The SMILES string of the molecule is Cl.NC[C@H]1CCC[C@H]1C(=O)Nc1ccc(Cl)c(Cl)c1. The predicted molar refractivity (Wildman–Crippen MR) is 82.2 cm³/mol. The van der Waals surface area contributed by atoms with Crippen molar-refractivity contribution in [2.24, 2.45) is 17.6 Å². The van der Waals surface area contributed by atoms with E-state index in [0.29, 0.717) is 28.2 Å². The smallest absolute Gasteiger partial charge is 0.227 e. The second-order valence-corrected chi connectivity index (χ2v) is 5.47. The van der Waals surface area contributed by atoms with Crippen molar-refractivity contribution in [1.82, 2.24) is 0 Å². The molecule has 6 heteroatoms. The Morgan fingerprint density at radius 3 is 2.68 bits per heavy atom. The van der Waals surface area contributed by atoms with Crippen LogP contribution in [-0.4, -0.2) is 12.5 Å². The maximum absolute atomic E-state index is 12.1. The summed E-state index contributed by atoms with van der Waals surface area (Å²) in [5.74, 6) is 0.346. The van der Waals surface area contributed by atoms with E-state index in [1.54, 1.807) is 18.2 Å². The molecule has 0 spiro atoms. The van der Waals surface area contributed by atoms with Gasteiger partial charge in [-0.1, -0.05) is 29.6 Å². The van der Waals surface area contributed by atoms with Gasteiger partial charge in [-0.25, -0.2) is 0 Å². The van der Waals surface area contributed by atoms with E-state index in [4.69, 9.17) is 28.9 Å². The van der Waals surface area contributed by atoms with Gasteiger partial charge in [0.15, 0.2) is 0 Å². The Bertz CT molecular complexity index is 454. The minimum absolute atomic E-state index is 0. The van der Waals surface area contributed by atoms with Crippen molar-refractivity contribution in [3.8, 4) is 0 Å². The number of rotatable bonds is 3. The van der Waals surface area contributed by atoms with Crippen molar-refractivity contribution < 1.29 is 4.79 Å². The maximum atomic E-state index is 12.1. The summed E-state index contributed by atoms with van der Waals surface area (Å²) in [5.41, 5.74) is 6.36. The highest BCUT2D eigenvalue weighted by Crippen LogP contribution is 2.32. The molecular formula is C13H17Cl3N2O. The Labute approximate surface area is 129 Å². The van der Waals surface area contributed by atoms with Gasteiger partial charge >= 0.3 is 0 Å². The Hall–Kier alpha value is -0.480. The van der Waals surface area contributed by atoms with Gasteiger partial charge in [0.1, 0.15) is 0 Å². The zero-order chi connectivity index (χ0) is 13.1. The Kier molecular flexibility index (Phi) is 6.40. The molecule has 0 aromatic heterocycles. The molecule has 3 nitrogen and oxygen atoms in total. The van der Waals surface area contributed by atoms with Crippen LogP contribution in [0.4, 0.5) is 5.69 Å². The van der Waals surface area contributed by atoms with Gasteiger partial charge in [-0.05, 0) is 43.5 Å². The normalized spacial score (nSPS) is 21.8. The minimum Gasteiger partial charge on any atom is -0.330 e. The molecule has 0 aliphatic heterocycles. The second kappa shape index (κ2) is 7.34. The molecule has 0 unspecified atom stereocenters. The lowest BCUT2D eigenvalue weighted by molar-refractivity contribution is -0.120. The average molecular weight is 324 g/mol. The molecular weight excluding hydrogens is 307 g/mol. The summed E-state index contributed by atoms with van der Waals surface area (Å²) in [4.78, 5) is 12.1. The van der Waals surface area contributed by atoms with Crippen LogP contribution in [0.2, 0.25) is 10.0 Å². The monoisotopic (exact) mass is 322 g/mol. The van der Waals surface area contributed by atoms with Crippen molar-refractivity contribution in [3.63, 3.8) is 0 Å². The first-order valence-corrected chi connectivity index (χ1v) is 6.83. The van der Waals surface area contributed by atoms with E-state index in [1.165, 1.54) is 0 Å². The molecule has 19 heavy (non-hydrogen) atoms. The van der Waals surface area contributed by atoms with Gasteiger partial charge in [0.25, 0.3) is 0 Å². The highest BCUT2D eigenvalue weighted by atomic mass is 35.5. The number of hydrogen-bond acceptors (Lipinski definition) is 2.